The number of nitrogens with one attached hydrogen (secondary N) is 1. The van der Waals surface area contributed by atoms with E-state index in [0.717, 1.165) is 0 Å². The van der Waals surface area contributed by atoms with Gasteiger partial charge in [-0.25, -0.2) is 9.37 Å². The number of nitrogens with zero attached hydrogens (tertiary/aromatic N) is 2. The fourth-order valence-corrected chi connectivity index (χ4v) is 1.57. The van der Waals surface area contributed by atoms with Crippen molar-refractivity contribution < 1.29 is 9.13 Å². The molecule has 0 amide bonds. The number of hydrogen-bond acceptors (Lipinski definition) is 4. The molecule has 0 fully saturated rings. The number of halogens is 1. The number of rotatable bonds is 3. The average Bonchev–Trinajstić information content (AvgIpc) is 2.39. The molecule has 2 aromatic rings. The summed E-state index contributed by atoms with van der Waals surface area (Å²) in [5, 5.41) is 2.88. The van der Waals surface area contributed by atoms with Gasteiger partial charge in [-0.3, -0.25) is 4.98 Å². The molecule has 0 aliphatic rings. The molecule has 0 radical (unpaired) electrons. The minimum absolute atomic E-state index is 0.190. The highest BCUT2D eigenvalue weighted by atomic mass is 19.1. The van der Waals surface area contributed by atoms with Crippen molar-refractivity contribution in [2.45, 2.75) is 0 Å². The van der Waals surface area contributed by atoms with E-state index in [1.54, 1.807) is 31.4 Å². The van der Waals surface area contributed by atoms with Gasteiger partial charge in [-0.15, -0.1) is 0 Å². The van der Waals surface area contributed by atoms with Gasteiger partial charge in [0.2, 0.25) is 0 Å². The van der Waals surface area contributed by atoms with Crippen molar-refractivity contribution in [3.05, 3.63) is 36.4 Å². The highest BCUT2D eigenvalue weighted by Gasteiger charge is 2.14. The monoisotopic (exact) mass is 233 g/mol. The van der Waals surface area contributed by atoms with E-state index >= 15 is 0 Å². The zero-order chi connectivity index (χ0) is 12.3. The van der Waals surface area contributed by atoms with E-state index in [1.165, 1.54) is 13.3 Å². The molecule has 0 saturated heterocycles. The number of hydrogen-bond donors (Lipinski definition) is 1. The second-order valence-corrected chi connectivity index (χ2v) is 3.33. The quantitative estimate of drug-likeness (QED) is 0.883. The van der Waals surface area contributed by atoms with Crippen LogP contribution in [-0.4, -0.2) is 24.1 Å². The number of methoxy groups -OCH3 is 1. The summed E-state index contributed by atoms with van der Waals surface area (Å²) in [6.45, 7) is 0. The molecule has 4 nitrogen and oxygen atoms in total. The molecule has 88 valence electrons. The van der Waals surface area contributed by atoms with Crippen LogP contribution in [-0.2, 0) is 0 Å². The van der Waals surface area contributed by atoms with Gasteiger partial charge in [-0.1, -0.05) is 6.07 Å². The summed E-state index contributed by atoms with van der Waals surface area (Å²) in [6, 6.07) is 4.92. The Hall–Kier alpha value is -2.17. The van der Waals surface area contributed by atoms with Crippen LogP contribution < -0.4 is 10.1 Å². The van der Waals surface area contributed by atoms with Crippen LogP contribution in [0, 0.1) is 5.82 Å². The molecule has 2 rings (SSSR count). The first-order valence-corrected chi connectivity index (χ1v) is 5.09. The molecule has 1 heterocycles. The Balaban J connectivity index is 2.60. The second-order valence-electron chi connectivity index (χ2n) is 3.33. The first-order chi connectivity index (χ1) is 8.27. The smallest absolute Gasteiger partial charge is 0.174 e. The third-order valence-electron chi connectivity index (χ3n) is 2.37. The summed E-state index contributed by atoms with van der Waals surface area (Å²) in [5.41, 5.74) is 0.827. The van der Waals surface area contributed by atoms with Gasteiger partial charge < -0.3 is 10.1 Å². The largest absolute Gasteiger partial charge is 0.494 e. The van der Waals surface area contributed by atoms with E-state index in [9.17, 15) is 4.39 Å². The summed E-state index contributed by atoms with van der Waals surface area (Å²) < 4.78 is 19.0. The average molecular weight is 233 g/mol. The highest BCUT2D eigenvalue weighted by Crippen LogP contribution is 2.30. The van der Waals surface area contributed by atoms with Crippen molar-refractivity contribution >= 4 is 5.82 Å². The second kappa shape index (κ2) is 4.78. The van der Waals surface area contributed by atoms with Crippen molar-refractivity contribution in [1.29, 1.82) is 0 Å². The molecule has 1 N–H and O–H groups in total. The van der Waals surface area contributed by atoms with Gasteiger partial charge in [0.05, 0.1) is 7.11 Å². The molecular weight excluding hydrogens is 221 g/mol. The fourth-order valence-electron chi connectivity index (χ4n) is 1.57. The maximum absolute atomic E-state index is 14.1. The van der Waals surface area contributed by atoms with E-state index < -0.39 is 5.82 Å². The van der Waals surface area contributed by atoms with Crippen LogP contribution in [0.25, 0.3) is 11.3 Å². The summed E-state index contributed by atoms with van der Waals surface area (Å²) >= 11 is 0. The van der Waals surface area contributed by atoms with Crippen LogP contribution in [0.5, 0.6) is 5.75 Å². The predicted molar refractivity (Wildman–Crippen MR) is 63.5 cm³/mol. The lowest BCUT2D eigenvalue weighted by atomic mass is 10.1. The van der Waals surface area contributed by atoms with Crippen LogP contribution in [0.4, 0.5) is 10.2 Å². The zero-order valence-corrected chi connectivity index (χ0v) is 9.57. The molecule has 0 unspecified atom stereocenters. The Bertz CT molecular complexity index is 531. The summed E-state index contributed by atoms with van der Waals surface area (Å²) in [6.07, 6.45) is 3.07. The maximum Gasteiger partial charge on any atom is 0.174 e. The molecule has 0 aliphatic carbocycles. The Labute approximate surface area is 98.5 Å². The van der Waals surface area contributed by atoms with Crippen molar-refractivity contribution in [3.63, 3.8) is 0 Å². The SMILES string of the molecule is CNc1nccnc1-c1cccc(OC)c1F. The summed E-state index contributed by atoms with van der Waals surface area (Å²) in [4.78, 5) is 8.22. The Morgan fingerprint density at radius 3 is 2.71 bits per heavy atom. The molecular formula is C12H12FN3O. The molecule has 1 aromatic heterocycles. The minimum atomic E-state index is -0.438. The number of anilines is 1. The van der Waals surface area contributed by atoms with Crippen molar-refractivity contribution in [1.82, 2.24) is 9.97 Å². The lowest BCUT2D eigenvalue weighted by Gasteiger charge is -2.09. The molecule has 1 aromatic carbocycles. The first-order valence-electron chi connectivity index (χ1n) is 5.09. The summed E-state index contributed by atoms with van der Waals surface area (Å²) in [7, 11) is 3.14. The third kappa shape index (κ3) is 2.04. The molecule has 0 bridgehead atoms. The molecule has 17 heavy (non-hydrogen) atoms. The molecule has 0 saturated carbocycles. The Morgan fingerprint density at radius 1 is 1.24 bits per heavy atom. The highest BCUT2D eigenvalue weighted by molar-refractivity contribution is 5.72. The molecule has 0 atom stereocenters. The van der Waals surface area contributed by atoms with Crippen LogP contribution in [0.1, 0.15) is 0 Å². The lowest BCUT2D eigenvalue weighted by molar-refractivity contribution is 0.387. The van der Waals surface area contributed by atoms with Gasteiger partial charge in [0.1, 0.15) is 5.69 Å². The number of ether oxygens (including phenoxy) is 1. The topological polar surface area (TPSA) is 47.0 Å². The lowest BCUT2D eigenvalue weighted by Crippen LogP contribution is -1.99. The third-order valence-corrected chi connectivity index (χ3v) is 2.37. The van der Waals surface area contributed by atoms with E-state index in [-0.39, 0.29) is 5.75 Å². The van der Waals surface area contributed by atoms with Crippen molar-refractivity contribution in [2.75, 3.05) is 19.5 Å². The van der Waals surface area contributed by atoms with E-state index in [0.29, 0.717) is 17.1 Å². The van der Waals surface area contributed by atoms with Gasteiger partial charge in [-0.2, -0.15) is 0 Å². The van der Waals surface area contributed by atoms with Gasteiger partial charge >= 0.3 is 0 Å². The van der Waals surface area contributed by atoms with Gasteiger partial charge in [-0.05, 0) is 12.1 Å². The predicted octanol–water partition coefficient (Wildman–Crippen LogP) is 2.33. The first kappa shape index (κ1) is 11.3. The van der Waals surface area contributed by atoms with Crippen molar-refractivity contribution in [3.8, 4) is 17.0 Å². The number of benzene rings is 1. The summed E-state index contributed by atoms with van der Waals surface area (Å²) in [5.74, 6) is 0.279. The normalized spacial score (nSPS) is 10.1. The Morgan fingerprint density at radius 2 is 2.00 bits per heavy atom. The van der Waals surface area contributed by atoms with E-state index in [1.807, 2.05) is 0 Å². The van der Waals surface area contributed by atoms with Crippen LogP contribution in [0.15, 0.2) is 30.6 Å². The maximum atomic E-state index is 14.1. The molecule has 0 spiro atoms. The van der Waals surface area contributed by atoms with E-state index in [4.69, 9.17) is 4.74 Å². The molecule has 0 aliphatic heterocycles. The minimum Gasteiger partial charge on any atom is -0.494 e. The van der Waals surface area contributed by atoms with Crippen LogP contribution >= 0.6 is 0 Å². The van der Waals surface area contributed by atoms with Gasteiger partial charge in [0.25, 0.3) is 0 Å². The van der Waals surface area contributed by atoms with Crippen LogP contribution in [0.2, 0.25) is 0 Å². The standard InChI is InChI=1S/C12H12FN3O/c1-14-12-11(15-6-7-16-12)8-4-3-5-9(17-2)10(8)13/h3-7H,1-2H3,(H,14,16). The number of aromatic nitrogens is 2. The van der Waals surface area contributed by atoms with Crippen molar-refractivity contribution in [2.24, 2.45) is 0 Å². The molecule has 5 heteroatoms. The Kier molecular flexibility index (Phi) is 3.18. The van der Waals surface area contributed by atoms with Gasteiger partial charge in [0.15, 0.2) is 17.4 Å². The zero-order valence-electron chi connectivity index (χ0n) is 9.57. The van der Waals surface area contributed by atoms with E-state index in [2.05, 4.69) is 15.3 Å². The fraction of sp³-hybridized carbons (Fsp3) is 0.167. The van der Waals surface area contributed by atoms with Crippen LogP contribution in [0.3, 0.4) is 0 Å². The van der Waals surface area contributed by atoms with Gasteiger partial charge in [0, 0.05) is 25.0 Å².